The summed E-state index contributed by atoms with van der Waals surface area (Å²) in [4.78, 5) is 96.3. The van der Waals surface area contributed by atoms with Gasteiger partial charge in [0.1, 0.15) is 98.8 Å². The molecule has 35 heteroatoms. The number of aromatic nitrogens is 19. The number of pyridine rings is 3. The van der Waals surface area contributed by atoms with Crippen LogP contribution >= 0.6 is 31.9 Å². The first-order valence-corrected chi connectivity index (χ1v) is 41.6. The molecule has 0 unspecified atom stereocenters. The van der Waals surface area contributed by atoms with Gasteiger partial charge in [-0.1, -0.05) is 166 Å². The number of hydrogen-bond acceptors (Lipinski definition) is 24. The van der Waals surface area contributed by atoms with Crippen LogP contribution in [-0.2, 0) is 27.0 Å². The Labute approximate surface area is 741 Å². The number of ether oxygens (including phenoxy) is 1. The molecule has 0 atom stereocenters. The number of nitrogen functional groups attached to an aromatic ring is 4. The van der Waals surface area contributed by atoms with Crippen LogP contribution < -0.4 is 48.9 Å². The summed E-state index contributed by atoms with van der Waals surface area (Å²) in [6.45, 7) is 25.3. The van der Waals surface area contributed by atoms with Gasteiger partial charge in [-0.2, -0.15) is 24.8 Å². The number of fused-ring (bicyclic) bond motifs is 4. The standard InChI is InChI=1S/C25H28N6O2.2C22H22BrN7O.C22H22FN7O/c1-17-9-11-18(12-10-17)22-21-23(26)28-16-29-24(21)31(30-22)25(2,3)15-27-20(32)13-14-33-19-7-5-4-6-8-19;1-13-4-6-14(7-5-13)18-17-19(24)27-12-28-20(17)30(29-18)22(2,3)11-26-21(31)16-10-15(23)8-9-25-16;2*1-13-7-9-14(10-8-13)18-17-19(24)26-12-27-20(17)30(29-18)22(2,3)11-25-21(31)15-5-4-6-16(23)28-15/h4-12,16H,13-15H2,1-3H3,(H,27,32)(H2,26,28,29);4-10,12H,11H2,1-3H3,(H,26,31)(H2,24,27,28);2*4-10,12H,11H2,1-3H3,(H,25,31)(H2,24,26,27). The van der Waals surface area contributed by atoms with E-state index in [1.54, 1.807) is 50.6 Å². The largest absolute Gasteiger partial charge is 0.493 e. The minimum absolute atomic E-state index is 0.00744. The van der Waals surface area contributed by atoms with Crippen molar-refractivity contribution in [3.05, 3.63) is 262 Å². The van der Waals surface area contributed by atoms with Crippen LogP contribution in [0.3, 0.4) is 0 Å². The van der Waals surface area contributed by atoms with E-state index in [1.165, 1.54) is 43.5 Å². The summed E-state index contributed by atoms with van der Waals surface area (Å²) in [6, 6.07) is 54.3. The number of nitrogens with zero attached hydrogens (tertiary/aromatic N) is 19. The number of halogens is 3. The third-order valence-corrected chi connectivity index (χ3v) is 21.5. The molecule has 0 aliphatic rings. The SMILES string of the molecule is Cc1ccc(-c2nn(C(C)(C)CNC(=O)CCOc3ccccc3)c3ncnc(N)c23)cc1.Cc1ccc(-c2nn(C(C)(C)CNC(=O)c3cc(Br)ccn3)c3ncnc(N)c23)cc1.Cc1ccc(-c2nn(C(C)(C)CNC(=O)c3cccc(Br)n3)c3ncnc(N)c23)cc1.Cc1ccc(-c2nn(C(C)(C)CNC(=O)c3cccc(F)n3)c3ncnc(N)c23)cc1. The molecular formula is C91H94Br2FN27O5. The second-order valence-corrected chi connectivity index (χ2v) is 34.1. The summed E-state index contributed by atoms with van der Waals surface area (Å²) in [6.07, 6.45) is 7.52. The molecule has 16 rings (SSSR count). The molecule has 11 heterocycles. The summed E-state index contributed by atoms with van der Waals surface area (Å²) in [5.41, 5.74) is 36.6. The molecule has 0 aliphatic heterocycles. The monoisotopic (exact) mass is 1820 g/mol. The van der Waals surface area contributed by atoms with E-state index in [2.05, 4.69) is 108 Å². The van der Waals surface area contributed by atoms with E-state index in [-0.39, 0.29) is 36.4 Å². The van der Waals surface area contributed by atoms with Crippen LogP contribution in [0.1, 0.15) is 116 Å². The molecule has 0 bridgehead atoms. The predicted octanol–water partition coefficient (Wildman–Crippen LogP) is 14.2. The lowest BCUT2D eigenvalue weighted by Gasteiger charge is -2.26. The summed E-state index contributed by atoms with van der Waals surface area (Å²) >= 11 is 6.65. The molecule has 0 saturated carbocycles. The van der Waals surface area contributed by atoms with Gasteiger partial charge >= 0.3 is 0 Å². The number of benzene rings is 5. The number of aryl methyl sites for hydroxylation is 4. The fourth-order valence-corrected chi connectivity index (χ4v) is 14.2. The first kappa shape index (κ1) is 89.3. The Morgan fingerprint density at radius 1 is 0.381 bits per heavy atom. The Balaban J connectivity index is 0.000000144. The number of rotatable bonds is 23. The van der Waals surface area contributed by atoms with Gasteiger partial charge in [0.25, 0.3) is 17.7 Å². The summed E-state index contributed by atoms with van der Waals surface area (Å²) in [7, 11) is 0. The molecule has 0 saturated heterocycles. The minimum atomic E-state index is -0.708. The number of amides is 4. The van der Waals surface area contributed by atoms with Gasteiger partial charge in [-0.25, -0.2) is 68.6 Å². The van der Waals surface area contributed by atoms with E-state index < -0.39 is 34.0 Å². The molecule has 4 amide bonds. The van der Waals surface area contributed by atoms with Gasteiger partial charge in [0, 0.05) is 59.1 Å². The van der Waals surface area contributed by atoms with Gasteiger partial charge < -0.3 is 48.9 Å². The Morgan fingerprint density at radius 3 is 1.04 bits per heavy atom. The molecule has 0 aliphatic carbocycles. The molecule has 11 aromatic heterocycles. The van der Waals surface area contributed by atoms with Crippen LogP contribution in [0.4, 0.5) is 27.7 Å². The van der Waals surface area contributed by atoms with Crippen molar-refractivity contribution in [1.82, 2.24) is 115 Å². The van der Waals surface area contributed by atoms with E-state index in [0.717, 1.165) is 60.4 Å². The fraction of sp³-hybridized carbons (Fsp3) is 0.242. The maximum Gasteiger partial charge on any atom is 0.270 e. The molecule has 0 spiro atoms. The number of nitrogens with one attached hydrogen (secondary N) is 4. The highest BCUT2D eigenvalue weighted by atomic mass is 79.9. The molecule has 0 radical (unpaired) electrons. The lowest BCUT2D eigenvalue weighted by Crippen LogP contribution is -2.41. The van der Waals surface area contributed by atoms with Crippen molar-refractivity contribution in [1.29, 1.82) is 0 Å². The third-order valence-electron chi connectivity index (χ3n) is 20.5. The Kier molecular flexibility index (Phi) is 27.0. The summed E-state index contributed by atoms with van der Waals surface area (Å²) in [5.74, 6) is 0.373. The maximum atomic E-state index is 13.3. The number of para-hydroxylation sites is 1. The number of carbonyl (C=O) groups excluding carboxylic acids is 4. The highest BCUT2D eigenvalue weighted by molar-refractivity contribution is 9.10. The van der Waals surface area contributed by atoms with E-state index in [9.17, 15) is 23.6 Å². The Hall–Kier alpha value is -14.5. The first-order valence-electron chi connectivity index (χ1n) is 40.1. The molecule has 32 nitrogen and oxygen atoms in total. The van der Waals surface area contributed by atoms with Crippen molar-refractivity contribution in [3.8, 4) is 50.8 Å². The van der Waals surface area contributed by atoms with E-state index in [4.69, 9.17) is 48.1 Å². The van der Waals surface area contributed by atoms with Crippen molar-refractivity contribution in [2.24, 2.45) is 0 Å². The summed E-state index contributed by atoms with van der Waals surface area (Å²) in [5, 5.41) is 33.8. The van der Waals surface area contributed by atoms with Crippen LogP contribution in [0, 0.1) is 33.6 Å². The average Bonchev–Trinajstić information content (AvgIpc) is 1.62. The van der Waals surface area contributed by atoms with Crippen LogP contribution in [0.5, 0.6) is 5.75 Å². The number of carbonyl (C=O) groups is 4. The molecule has 16 aromatic rings. The van der Waals surface area contributed by atoms with Gasteiger partial charge in [0.15, 0.2) is 22.6 Å². The second kappa shape index (κ2) is 38.1. The number of nitrogens with two attached hydrogens (primary N) is 4. The lowest BCUT2D eigenvalue weighted by molar-refractivity contribution is -0.122. The van der Waals surface area contributed by atoms with Crippen molar-refractivity contribution < 1.29 is 28.3 Å². The van der Waals surface area contributed by atoms with Crippen LogP contribution in [0.25, 0.3) is 89.2 Å². The highest BCUT2D eigenvalue weighted by Gasteiger charge is 2.34. The average molecular weight is 1820 g/mol. The van der Waals surface area contributed by atoms with Crippen LogP contribution in [-0.4, -0.2) is 150 Å². The van der Waals surface area contributed by atoms with Crippen molar-refractivity contribution in [2.75, 3.05) is 55.7 Å². The molecule has 0 fully saturated rings. The maximum absolute atomic E-state index is 13.3. The Bertz CT molecular complexity index is 6170. The topological polar surface area (TPSA) is 443 Å². The number of hydrogen-bond donors (Lipinski definition) is 8. The van der Waals surface area contributed by atoms with Gasteiger partial charge in [-0.05, 0) is 148 Å². The smallest absolute Gasteiger partial charge is 0.270 e. The predicted molar refractivity (Wildman–Crippen MR) is 492 cm³/mol. The lowest BCUT2D eigenvalue weighted by atomic mass is 10.1. The number of anilines is 4. The zero-order chi connectivity index (χ0) is 89.9. The molecule has 5 aromatic carbocycles. The normalized spacial score (nSPS) is 11.6. The zero-order valence-corrected chi connectivity index (χ0v) is 74.5. The van der Waals surface area contributed by atoms with Crippen molar-refractivity contribution >= 4 is 123 Å². The molecule has 12 N–H and O–H groups in total. The van der Waals surface area contributed by atoms with Gasteiger partial charge in [0.2, 0.25) is 11.9 Å². The van der Waals surface area contributed by atoms with Crippen LogP contribution in [0.2, 0.25) is 0 Å². The quantitative estimate of drug-likeness (QED) is 0.0276. The van der Waals surface area contributed by atoms with E-state index in [0.29, 0.717) is 127 Å². The van der Waals surface area contributed by atoms with Gasteiger partial charge in [0.05, 0.1) is 56.7 Å². The van der Waals surface area contributed by atoms with Gasteiger partial charge in [-0.15, -0.1) is 0 Å². The fourth-order valence-electron chi connectivity index (χ4n) is 13.5. The summed E-state index contributed by atoms with van der Waals surface area (Å²) < 4.78 is 27.5. The van der Waals surface area contributed by atoms with Crippen molar-refractivity contribution in [2.45, 2.75) is 112 Å². The zero-order valence-electron chi connectivity index (χ0n) is 71.4. The third kappa shape index (κ3) is 20.7. The van der Waals surface area contributed by atoms with Crippen LogP contribution in [0.15, 0.2) is 217 Å². The molecular weight excluding hydrogens is 1730 g/mol. The minimum Gasteiger partial charge on any atom is -0.493 e. The first-order chi connectivity index (χ1) is 60.1. The van der Waals surface area contributed by atoms with Gasteiger partial charge in [-0.3, -0.25) is 24.2 Å². The van der Waals surface area contributed by atoms with E-state index in [1.807, 2.05) is 215 Å². The highest BCUT2D eigenvalue weighted by Crippen LogP contribution is 2.38. The van der Waals surface area contributed by atoms with E-state index >= 15 is 0 Å². The Morgan fingerprint density at radius 2 is 0.706 bits per heavy atom. The second-order valence-electron chi connectivity index (χ2n) is 32.4. The molecule has 644 valence electrons. The van der Waals surface area contributed by atoms with Crippen molar-refractivity contribution in [3.63, 3.8) is 0 Å². The molecule has 126 heavy (non-hydrogen) atoms.